The predicted octanol–water partition coefficient (Wildman–Crippen LogP) is 3.51. The molecule has 0 saturated carbocycles. The number of benzene rings is 1. The molecule has 0 amide bonds. The van der Waals surface area contributed by atoms with Crippen molar-refractivity contribution in [3.8, 4) is 0 Å². The van der Waals surface area contributed by atoms with Crippen molar-refractivity contribution in [2.75, 3.05) is 0 Å². The van der Waals surface area contributed by atoms with E-state index < -0.39 is 0 Å². The third kappa shape index (κ3) is 2.82. The normalized spacial score (nSPS) is 24.5. The standard InChI is InChI=1S/C12H16O.C2H6/c1-9-11-7-3-2-5-10(11)6-4-8-12(9)13;1-2/h2-3,5,7,9,12-13H,4,6,8H2,1H3;1-2H3. The van der Waals surface area contributed by atoms with Gasteiger partial charge >= 0.3 is 0 Å². The molecule has 0 spiro atoms. The molecule has 1 aliphatic carbocycles. The summed E-state index contributed by atoms with van der Waals surface area (Å²) in [4.78, 5) is 0. The Bertz CT molecular complexity index is 293. The Morgan fingerprint density at radius 3 is 2.60 bits per heavy atom. The molecule has 0 aliphatic heterocycles. The maximum Gasteiger partial charge on any atom is 0.0606 e. The van der Waals surface area contributed by atoms with Gasteiger partial charge < -0.3 is 5.11 Å². The van der Waals surface area contributed by atoms with E-state index in [1.54, 1.807) is 0 Å². The van der Waals surface area contributed by atoms with Gasteiger partial charge in [0.1, 0.15) is 0 Å². The third-order valence-electron chi connectivity index (χ3n) is 3.07. The quantitative estimate of drug-likeness (QED) is 0.644. The van der Waals surface area contributed by atoms with E-state index >= 15 is 0 Å². The molecule has 1 aromatic carbocycles. The molecule has 2 rings (SSSR count). The molecular weight excluding hydrogens is 184 g/mol. The highest BCUT2D eigenvalue weighted by Crippen LogP contribution is 2.29. The van der Waals surface area contributed by atoms with Crippen molar-refractivity contribution in [3.05, 3.63) is 35.4 Å². The van der Waals surface area contributed by atoms with Gasteiger partial charge in [0.25, 0.3) is 0 Å². The van der Waals surface area contributed by atoms with Crippen LogP contribution >= 0.6 is 0 Å². The lowest BCUT2D eigenvalue weighted by atomic mass is 9.93. The van der Waals surface area contributed by atoms with Crippen LogP contribution in [0.1, 0.15) is 50.7 Å². The Kier molecular flexibility index (Phi) is 4.83. The largest absolute Gasteiger partial charge is 0.393 e. The van der Waals surface area contributed by atoms with Crippen LogP contribution in [0.2, 0.25) is 0 Å². The molecule has 15 heavy (non-hydrogen) atoms. The van der Waals surface area contributed by atoms with Crippen LogP contribution in [0.25, 0.3) is 0 Å². The fourth-order valence-electron chi connectivity index (χ4n) is 2.16. The molecule has 0 fully saturated rings. The first-order valence-electron chi connectivity index (χ1n) is 6.05. The predicted molar refractivity (Wildman–Crippen MR) is 65.1 cm³/mol. The van der Waals surface area contributed by atoms with E-state index in [1.165, 1.54) is 11.1 Å². The van der Waals surface area contributed by atoms with E-state index in [0.29, 0.717) is 5.92 Å². The highest BCUT2D eigenvalue weighted by Gasteiger charge is 2.21. The first-order valence-corrected chi connectivity index (χ1v) is 6.05. The van der Waals surface area contributed by atoms with Gasteiger partial charge in [-0.3, -0.25) is 0 Å². The van der Waals surface area contributed by atoms with Gasteiger partial charge in [-0.1, -0.05) is 45.0 Å². The first-order chi connectivity index (χ1) is 7.29. The lowest BCUT2D eigenvalue weighted by molar-refractivity contribution is 0.140. The van der Waals surface area contributed by atoms with Crippen LogP contribution in [0.5, 0.6) is 0 Å². The van der Waals surface area contributed by atoms with E-state index in [9.17, 15) is 5.11 Å². The number of hydrogen-bond acceptors (Lipinski definition) is 1. The van der Waals surface area contributed by atoms with Crippen LogP contribution < -0.4 is 0 Å². The number of rotatable bonds is 0. The minimum absolute atomic E-state index is 0.149. The van der Waals surface area contributed by atoms with E-state index in [-0.39, 0.29) is 6.10 Å². The Morgan fingerprint density at radius 2 is 1.87 bits per heavy atom. The summed E-state index contributed by atoms with van der Waals surface area (Å²) in [6.07, 6.45) is 3.03. The van der Waals surface area contributed by atoms with Gasteiger partial charge in [-0.25, -0.2) is 0 Å². The molecule has 0 heterocycles. The molecule has 1 N–H and O–H groups in total. The summed E-state index contributed by atoms with van der Waals surface area (Å²) in [7, 11) is 0. The van der Waals surface area contributed by atoms with Gasteiger partial charge in [0.15, 0.2) is 0 Å². The minimum Gasteiger partial charge on any atom is -0.393 e. The Balaban J connectivity index is 0.000000531. The van der Waals surface area contributed by atoms with Crippen LogP contribution in [0.3, 0.4) is 0 Å². The van der Waals surface area contributed by atoms with Crippen molar-refractivity contribution in [2.45, 2.75) is 52.1 Å². The second kappa shape index (κ2) is 5.92. The molecule has 1 aliphatic rings. The van der Waals surface area contributed by atoms with E-state index in [0.717, 1.165) is 19.3 Å². The molecule has 84 valence electrons. The Hall–Kier alpha value is -0.820. The van der Waals surface area contributed by atoms with Crippen LogP contribution in [-0.2, 0) is 6.42 Å². The number of aliphatic hydroxyl groups is 1. The summed E-state index contributed by atoms with van der Waals surface area (Å²) < 4.78 is 0. The van der Waals surface area contributed by atoms with Gasteiger partial charge in [0.2, 0.25) is 0 Å². The topological polar surface area (TPSA) is 20.2 Å². The number of fused-ring (bicyclic) bond motifs is 1. The van der Waals surface area contributed by atoms with Gasteiger partial charge in [-0.2, -0.15) is 0 Å². The molecular formula is C14H22O. The lowest BCUT2D eigenvalue weighted by Gasteiger charge is -2.17. The van der Waals surface area contributed by atoms with E-state index in [4.69, 9.17) is 0 Å². The smallest absolute Gasteiger partial charge is 0.0606 e. The zero-order valence-corrected chi connectivity index (χ0v) is 10.0. The second-order valence-corrected chi connectivity index (χ2v) is 3.95. The van der Waals surface area contributed by atoms with Crippen molar-refractivity contribution in [3.63, 3.8) is 0 Å². The molecule has 2 atom stereocenters. The lowest BCUT2D eigenvalue weighted by Crippen LogP contribution is -2.14. The summed E-state index contributed by atoms with van der Waals surface area (Å²) in [5.41, 5.74) is 2.76. The number of aliphatic hydroxyl groups excluding tert-OH is 1. The van der Waals surface area contributed by atoms with Crippen molar-refractivity contribution in [1.29, 1.82) is 0 Å². The monoisotopic (exact) mass is 206 g/mol. The molecule has 0 radical (unpaired) electrons. The highest BCUT2D eigenvalue weighted by atomic mass is 16.3. The molecule has 0 aromatic heterocycles. The molecule has 0 saturated heterocycles. The average molecular weight is 206 g/mol. The van der Waals surface area contributed by atoms with Gasteiger partial charge in [-0.15, -0.1) is 0 Å². The summed E-state index contributed by atoms with van der Waals surface area (Å²) in [6, 6.07) is 8.48. The number of hydrogen-bond donors (Lipinski definition) is 1. The summed E-state index contributed by atoms with van der Waals surface area (Å²) in [5, 5.41) is 9.80. The number of aryl methyl sites for hydroxylation is 1. The fraction of sp³-hybridized carbons (Fsp3) is 0.571. The zero-order valence-electron chi connectivity index (χ0n) is 10.0. The molecule has 1 heteroatoms. The fourth-order valence-corrected chi connectivity index (χ4v) is 2.16. The summed E-state index contributed by atoms with van der Waals surface area (Å²) in [5.74, 6) is 0.304. The van der Waals surface area contributed by atoms with Crippen molar-refractivity contribution in [1.82, 2.24) is 0 Å². The van der Waals surface area contributed by atoms with Gasteiger partial charge in [-0.05, 0) is 30.4 Å². The third-order valence-corrected chi connectivity index (χ3v) is 3.07. The Morgan fingerprint density at radius 1 is 1.20 bits per heavy atom. The van der Waals surface area contributed by atoms with Crippen LogP contribution in [0, 0.1) is 0 Å². The van der Waals surface area contributed by atoms with E-state index in [1.807, 2.05) is 13.8 Å². The minimum atomic E-state index is -0.149. The molecule has 1 aromatic rings. The zero-order chi connectivity index (χ0) is 11.3. The second-order valence-electron chi connectivity index (χ2n) is 3.95. The van der Waals surface area contributed by atoms with Crippen LogP contribution in [-0.4, -0.2) is 11.2 Å². The average Bonchev–Trinajstić information content (AvgIpc) is 2.44. The van der Waals surface area contributed by atoms with Gasteiger partial charge in [0.05, 0.1) is 6.10 Å². The van der Waals surface area contributed by atoms with Crippen molar-refractivity contribution < 1.29 is 5.11 Å². The molecule has 0 bridgehead atoms. The van der Waals surface area contributed by atoms with Crippen molar-refractivity contribution >= 4 is 0 Å². The highest BCUT2D eigenvalue weighted by molar-refractivity contribution is 5.31. The van der Waals surface area contributed by atoms with E-state index in [2.05, 4.69) is 31.2 Å². The maximum absolute atomic E-state index is 9.80. The SMILES string of the molecule is CC.CC1c2ccccc2CCCC1O. The summed E-state index contributed by atoms with van der Waals surface area (Å²) in [6.45, 7) is 6.12. The van der Waals surface area contributed by atoms with Crippen molar-refractivity contribution in [2.24, 2.45) is 0 Å². The van der Waals surface area contributed by atoms with Crippen LogP contribution in [0.15, 0.2) is 24.3 Å². The Labute approximate surface area is 93.1 Å². The molecule has 2 unspecified atom stereocenters. The maximum atomic E-state index is 9.80. The van der Waals surface area contributed by atoms with Crippen LogP contribution in [0.4, 0.5) is 0 Å². The summed E-state index contributed by atoms with van der Waals surface area (Å²) >= 11 is 0. The molecule has 1 nitrogen and oxygen atoms in total. The van der Waals surface area contributed by atoms with Gasteiger partial charge in [0, 0.05) is 5.92 Å². The first kappa shape index (κ1) is 12.3.